The number of ether oxygens (including phenoxy) is 1. The largest absolute Gasteiger partial charge is 0.489 e. The number of guanidine groups is 1. The van der Waals surface area contributed by atoms with Gasteiger partial charge in [-0.3, -0.25) is 14.7 Å². The van der Waals surface area contributed by atoms with E-state index in [0.29, 0.717) is 12.3 Å². The molecule has 0 spiro atoms. The Morgan fingerprint density at radius 2 is 1.68 bits per heavy atom. The SMILES string of the molecule is CN=C(NCC(C)Oc1ccc(F)cc1)N1CCN(C(C)C(=O)N2CCCC2)CC1.I. The van der Waals surface area contributed by atoms with Gasteiger partial charge in [0.2, 0.25) is 5.91 Å². The highest BCUT2D eigenvalue weighted by Gasteiger charge is 2.30. The number of piperazine rings is 1. The zero-order chi connectivity index (χ0) is 21.5. The van der Waals surface area contributed by atoms with Crippen molar-refractivity contribution in [3.05, 3.63) is 30.1 Å². The second-order valence-corrected chi connectivity index (χ2v) is 8.04. The highest BCUT2D eigenvalue weighted by molar-refractivity contribution is 14.0. The minimum absolute atomic E-state index is 0. The number of carbonyl (C=O) groups is 1. The maximum atomic E-state index is 13.0. The van der Waals surface area contributed by atoms with Crippen LogP contribution >= 0.6 is 24.0 Å². The molecule has 0 radical (unpaired) electrons. The number of benzene rings is 1. The molecule has 7 nitrogen and oxygen atoms in total. The first kappa shape index (κ1) is 25.6. The minimum Gasteiger partial charge on any atom is -0.489 e. The zero-order valence-electron chi connectivity index (χ0n) is 18.7. The number of aliphatic imine (C=N–C) groups is 1. The Hall–Kier alpha value is -1.62. The molecule has 0 aromatic heterocycles. The highest BCUT2D eigenvalue weighted by atomic mass is 127. The minimum atomic E-state index is -0.274. The van der Waals surface area contributed by atoms with Crippen molar-refractivity contribution in [2.75, 3.05) is 52.9 Å². The van der Waals surface area contributed by atoms with Crippen LogP contribution in [0, 0.1) is 5.82 Å². The molecular weight excluding hydrogens is 512 g/mol. The standard InChI is InChI=1S/C22H34FN5O2.HI/c1-17(30-20-8-6-19(23)7-9-20)16-25-22(24-3)28-14-12-26(13-15-28)18(2)21(29)27-10-4-5-11-27;/h6-9,17-18H,4-5,10-16H2,1-3H3,(H,24,25);1H. The van der Waals surface area contributed by atoms with Crippen LogP contribution < -0.4 is 10.1 Å². The van der Waals surface area contributed by atoms with Gasteiger partial charge in [-0.25, -0.2) is 4.39 Å². The van der Waals surface area contributed by atoms with Gasteiger partial charge >= 0.3 is 0 Å². The molecular formula is C22H35FIN5O2. The van der Waals surface area contributed by atoms with Crippen LogP contribution in [0.1, 0.15) is 26.7 Å². The Morgan fingerprint density at radius 3 is 2.26 bits per heavy atom. The summed E-state index contributed by atoms with van der Waals surface area (Å²) in [5.74, 6) is 1.47. The van der Waals surface area contributed by atoms with E-state index in [1.807, 2.05) is 18.7 Å². The Morgan fingerprint density at radius 1 is 1.06 bits per heavy atom. The molecule has 2 aliphatic heterocycles. The van der Waals surface area contributed by atoms with Crippen LogP contribution in [0.4, 0.5) is 4.39 Å². The molecule has 1 aromatic carbocycles. The average molecular weight is 547 g/mol. The van der Waals surface area contributed by atoms with Crippen LogP contribution in [0.5, 0.6) is 5.75 Å². The molecule has 31 heavy (non-hydrogen) atoms. The van der Waals surface area contributed by atoms with E-state index in [9.17, 15) is 9.18 Å². The van der Waals surface area contributed by atoms with Gasteiger partial charge < -0.3 is 19.9 Å². The molecule has 174 valence electrons. The van der Waals surface area contributed by atoms with Gasteiger partial charge in [0.05, 0.1) is 12.6 Å². The van der Waals surface area contributed by atoms with E-state index < -0.39 is 0 Å². The van der Waals surface area contributed by atoms with Crippen LogP contribution in [0.25, 0.3) is 0 Å². The lowest BCUT2D eigenvalue weighted by Crippen LogP contribution is -2.57. The number of nitrogens with zero attached hydrogens (tertiary/aromatic N) is 4. The molecule has 1 N–H and O–H groups in total. The van der Waals surface area contributed by atoms with Crippen molar-refractivity contribution in [3.8, 4) is 5.75 Å². The number of carbonyl (C=O) groups excluding carboxylic acids is 1. The van der Waals surface area contributed by atoms with Crippen molar-refractivity contribution in [2.24, 2.45) is 4.99 Å². The number of amides is 1. The van der Waals surface area contributed by atoms with Crippen molar-refractivity contribution < 1.29 is 13.9 Å². The lowest BCUT2D eigenvalue weighted by Gasteiger charge is -2.39. The topological polar surface area (TPSA) is 60.4 Å². The molecule has 2 aliphatic rings. The summed E-state index contributed by atoms with van der Waals surface area (Å²) in [7, 11) is 1.78. The van der Waals surface area contributed by atoms with Gasteiger partial charge in [0.25, 0.3) is 0 Å². The highest BCUT2D eigenvalue weighted by Crippen LogP contribution is 2.15. The summed E-state index contributed by atoms with van der Waals surface area (Å²) in [6.45, 7) is 9.70. The molecule has 1 aromatic rings. The predicted octanol–water partition coefficient (Wildman–Crippen LogP) is 2.41. The number of likely N-dealkylation sites (tertiary alicyclic amines) is 1. The summed E-state index contributed by atoms with van der Waals surface area (Å²) in [4.78, 5) is 23.6. The van der Waals surface area contributed by atoms with Crippen molar-refractivity contribution in [1.29, 1.82) is 0 Å². The fourth-order valence-corrected chi connectivity index (χ4v) is 4.03. The Bertz CT molecular complexity index is 719. The summed E-state index contributed by atoms with van der Waals surface area (Å²) in [6.07, 6.45) is 2.15. The van der Waals surface area contributed by atoms with Gasteiger partial charge in [-0.05, 0) is 51.0 Å². The summed E-state index contributed by atoms with van der Waals surface area (Å²) >= 11 is 0. The van der Waals surface area contributed by atoms with E-state index in [1.165, 1.54) is 12.1 Å². The Labute approximate surface area is 202 Å². The van der Waals surface area contributed by atoms with Crippen molar-refractivity contribution in [1.82, 2.24) is 20.0 Å². The quantitative estimate of drug-likeness (QED) is 0.337. The van der Waals surface area contributed by atoms with Gasteiger partial charge in [0.1, 0.15) is 17.7 Å². The van der Waals surface area contributed by atoms with Crippen LogP contribution in [0.2, 0.25) is 0 Å². The number of hydrogen-bond acceptors (Lipinski definition) is 4. The summed E-state index contributed by atoms with van der Waals surface area (Å²) < 4.78 is 18.8. The van der Waals surface area contributed by atoms with E-state index in [1.54, 1.807) is 19.2 Å². The molecule has 9 heteroatoms. The summed E-state index contributed by atoms with van der Waals surface area (Å²) in [6, 6.07) is 5.98. The Balaban J connectivity index is 0.00000341. The molecule has 2 heterocycles. The number of nitrogens with one attached hydrogen (secondary N) is 1. The predicted molar refractivity (Wildman–Crippen MR) is 132 cm³/mol. The smallest absolute Gasteiger partial charge is 0.239 e. The van der Waals surface area contributed by atoms with E-state index in [-0.39, 0.29) is 47.8 Å². The summed E-state index contributed by atoms with van der Waals surface area (Å²) in [5.41, 5.74) is 0. The monoisotopic (exact) mass is 547 g/mol. The third kappa shape index (κ3) is 7.20. The second-order valence-electron chi connectivity index (χ2n) is 8.04. The maximum absolute atomic E-state index is 13.0. The third-order valence-electron chi connectivity index (χ3n) is 5.85. The lowest BCUT2D eigenvalue weighted by atomic mass is 10.2. The van der Waals surface area contributed by atoms with Gasteiger partial charge in [-0.1, -0.05) is 0 Å². The molecule has 2 fully saturated rings. The molecule has 0 saturated carbocycles. The fourth-order valence-electron chi connectivity index (χ4n) is 4.03. The van der Waals surface area contributed by atoms with Crippen molar-refractivity contribution in [3.63, 3.8) is 0 Å². The lowest BCUT2D eigenvalue weighted by molar-refractivity contribution is -0.135. The molecule has 1 amide bonds. The van der Waals surface area contributed by atoms with Gasteiger partial charge in [-0.2, -0.15) is 0 Å². The van der Waals surface area contributed by atoms with E-state index in [4.69, 9.17) is 4.74 Å². The van der Waals surface area contributed by atoms with Gasteiger partial charge in [0, 0.05) is 46.3 Å². The molecule has 2 unspecified atom stereocenters. The molecule has 0 aliphatic carbocycles. The first-order valence-corrected chi connectivity index (χ1v) is 10.9. The van der Waals surface area contributed by atoms with E-state index in [2.05, 4.69) is 20.1 Å². The summed E-state index contributed by atoms with van der Waals surface area (Å²) in [5, 5.41) is 3.37. The molecule has 0 bridgehead atoms. The molecule has 3 rings (SSSR count). The molecule has 2 atom stereocenters. The third-order valence-corrected chi connectivity index (χ3v) is 5.85. The van der Waals surface area contributed by atoms with Crippen molar-refractivity contribution in [2.45, 2.75) is 38.8 Å². The number of halogens is 2. The van der Waals surface area contributed by atoms with Crippen LogP contribution in [-0.2, 0) is 4.79 Å². The van der Waals surface area contributed by atoms with Crippen LogP contribution in [0.15, 0.2) is 29.3 Å². The number of rotatable bonds is 6. The van der Waals surface area contributed by atoms with Crippen molar-refractivity contribution >= 4 is 35.8 Å². The second kappa shape index (κ2) is 12.4. The fraction of sp³-hybridized carbons (Fsp3) is 0.636. The van der Waals surface area contributed by atoms with E-state index >= 15 is 0 Å². The maximum Gasteiger partial charge on any atom is 0.239 e. The van der Waals surface area contributed by atoms with Gasteiger partial charge in [-0.15, -0.1) is 24.0 Å². The van der Waals surface area contributed by atoms with Gasteiger partial charge in [0.15, 0.2) is 5.96 Å². The van der Waals surface area contributed by atoms with Crippen LogP contribution in [-0.4, -0.2) is 91.6 Å². The number of hydrogen-bond donors (Lipinski definition) is 1. The first-order chi connectivity index (χ1) is 14.5. The van der Waals surface area contributed by atoms with E-state index in [0.717, 1.165) is 58.1 Å². The van der Waals surface area contributed by atoms with Crippen LogP contribution in [0.3, 0.4) is 0 Å². The Kier molecular flexibility index (Phi) is 10.3. The first-order valence-electron chi connectivity index (χ1n) is 10.9. The molecule has 2 saturated heterocycles. The normalized spacial score (nSPS) is 19.5. The zero-order valence-corrected chi connectivity index (χ0v) is 21.0. The average Bonchev–Trinajstić information content (AvgIpc) is 3.30.